The molecule has 2 amide bonds. The highest BCUT2D eigenvalue weighted by molar-refractivity contribution is 5.94. The van der Waals surface area contributed by atoms with Crippen molar-refractivity contribution in [1.29, 1.82) is 0 Å². The molecule has 154 valence electrons. The van der Waals surface area contributed by atoms with E-state index in [2.05, 4.69) is 17.2 Å². The van der Waals surface area contributed by atoms with Crippen LogP contribution in [0.25, 0.3) is 0 Å². The average molecular weight is 395 g/mol. The van der Waals surface area contributed by atoms with Crippen LogP contribution in [0.4, 0.5) is 11.4 Å². The molecule has 29 heavy (non-hydrogen) atoms. The van der Waals surface area contributed by atoms with Crippen LogP contribution >= 0.6 is 0 Å². The zero-order valence-electron chi connectivity index (χ0n) is 18.1. The van der Waals surface area contributed by atoms with Crippen LogP contribution in [0, 0.1) is 27.7 Å². The zero-order chi connectivity index (χ0) is 21.6. The molecule has 5 nitrogen and oxygen atoms in total. The maximum absolute atomic E-state index is 12.7. The van der Waals surface area contributed by atoms with Crippen molar-refractivity contribution in [3.8, 4) is 0 Å². The quantitative estimate of drug-likeness (QED) is 0.603. The Labute approximate surface area is 173 Å². The minimum Gasteiger partial charge on any atom is -0.321 e. The van der Waals surface area contributed by atoms with Gasteiger partial charge in [0.1, 0.15) is 0 Å². The first-order chi connectivity index (χ1) is 13.7. The maximum Gasteiger partial charge on any atom is 0.279 e. The van der Waals surface area contributed by atoms with E-state index in [0.717, 1.165) is 44.1 Å². The highest BCUT2D eigenvalue weighted by Gasteiger charge is 2.20. The second kappa shape index (κ2) is 10.0. The van der Waals surface area contributed by atoms with Gasteiger partial charge in [-0.25, -0.2) is 0 Å². The van der Waals surface area contributed by atoms with E-state index in [9.17, 15) is 9.59 Å². The number of benzene rings is 2. The van der Waals surface area contributed by atoms with Gasteiger partial charge < -0.3 is 15.5 Å². The Hall–Kier alpha value is -2.92. The van der Waals surface area contributed by atoms with E-state index in [1.807, 2.05) is 71.0 Å². The molecule has 0 fully saturated rings. The van der Waals surface area contributed by atoms with Crippen molar-refractivity contribution in [3.63, 3.8) is 0 Å². The summed E-state index contributed by atoms with van der Waals surface area (Å²) in [6.45, 7) is 14.7. The Morgan fingerprint density at radius 1 is 0.759 bits per heavy atom. The van der Waals surface area contributed by atoms with E-state index in [0.29, 0.717) is 6.54 Å². The summed E-state index contributed by atoms with van der Waals surface area (Å²) in [6.07, 6.45) is 0. The normalized spacial score (nSPS) is 10.7. The van der Waals surface area contributed by atoms with Gasteiger partial charge in [-0.1, -0.05) is 43.0 Å². The Morgan fingerprint density at radius 2 is 1.10 bits per heavy atom. The topological polar surface area (TPSA) is 62.6 Å². The lowest BCUT2D eigenvalue weighted by Gasteiger charge is -2.20. The molecule has 0 aliphatic rings. The summed E-state index contributed by atoms with van der Waals surface area (Å²) in [5, 5.41) is 6.00. The monoisotopic (exact) mass is 394 g/mol. The Bertz CT molecular complexity index is 810. The highest BCUT2D eigenvalue weighted by Crippen LogP contribution is 2.19. The summed E-state index contributed by atoms with van der Waals surface area (Å²) >= 11 is 0. The SMILES string of the molecule is C=C(C)C[NH+](CC(=O)Nc1c(C)cccc1C)CC(=O)Nc1c(C)cccc1C. The van der Waals surface area contributed by atoms with Gasteiger partial charge in [-0.15, -0.1) is 0 Å². The minimum absolute atomic E-state index is 0.112. The summed E-state index contributed by atoms with van der Waals surface area (Å²) < 4.78 is 0. The average Bonchev–Trinajstić information content (AvgIpc) is 2.61. The molecule has 0 saturated heterocycles. The van der Waals surface area contributed by atoms with Crippen LogP contribution in [0.1, 0.15) is 29.2 Å². The van der Waals surface area contributed by atoms with Gasteiger partial charge in [0.2, 0.25) is 0 Å². The van der Waals surface area contributed by atoms with E-state index >= 15 is 0 Å². The molecule has 2 aromatic carbocycles. The number of hydrogen-bond donors (Lipinski definition) is 3. The van der Waals surface area contributed by atoms with Crippen molar-refractivity contribution in [2.24, 2.45) is 0 Å². The molecule has 0 aliphatic heterocycles. The number of carbonyl (C=O) groups excluding carboxylic acids is 2. The number of rotatable bonds is 8. The van der Waals surface area contributed by atoms with E-state index < -0.39 is 0 Å². The van der Waals surface area contributed by atoms with E-state index in [-0.39, 0.29) is 24.9 Å². The molecule has 0 radical (unpaired) electrons. The standard InChI is InChI=1S/C24H31N3O2/c1-16(2)13-27(14-21(28)25-23-17(3)9-7-10-18(23)4)15-22(29)26-24-19(5)11-8-12-20(24)6/h7-12H,1,13-15H2,2-6H3,(H,25,28)(H,26,29)/p+1. The maximum atomic E-state index is 12.7. The van der Waals surface area contributed by atoms with Gasteiger partial charge in [0.05, 0.1) is 6.54 Å². The van der Waals surface area contributed by atoms with Crippen LogP contribution < -0.4 is 15.5 Å². The van der Waals surface area contributed by atoms with E-state index in [4.69, 9.17) is 0 Å². The zero-order valence-corrected chi connectivity index (χ0v) is 18.1. The van der Waals surface area contributed by atoms with Gasteiger partial charge in [-0.05, 0) is 62.4 Å². The van der Waals surface area contributed by atoms with Gasteiger partial charge >= 0.3 is 0 Å². The smallest absolute Gasteiger partial charge is 0.279 e. The highest BCUT2D eigenvalue weighted by atomic mass is 16.2. The number of hydrogen-bond acceptors (Lipinski definition) is 2. The fraction of sp³-hybridized carbons (Fsp3) is 0.333. The third kappa shape index (κ3) is 6.57. The summed E-state index contributed by atoms with van der Waals surface area (Å²) in [7, 11) is 0. The molecule has 0 bridgehead atoms. The summed E-state index contributed by atoms with van der Waals surface area (Å²) in [6, 6.07) is 11.8. The third-order valence-corrected chi connectivity index (χ3v) is 4.86. The molecule has 3 N–H and O–H groups in total. The first-order valence-electron chi connectivity index (χ1n) is 9.87. The van der Waals surface area contributed by atoms with Crippen LogP contribution in [-0.4, -0.2) is 31.4 Å². The number of nitrogens with one attached hydrogen (secondary N) is 3. The summed E-state index contributed by atoms with van der Waals surface area (Å²) in [5.74, 6) is -0.225. The number of amides is 2. The summed E-state index contributed by atoms with van der Waals surface area (Å²) in [5.41, 5.74) is 6.69. The van der Waals surface area contributed by atoms with Crippen molar-refractivity contribution < 1.29 is 14.5 Å². The van der Waals surface area contributed by atoms with Crippen LogP contribution in [0.3, 0.4) is 0 Å². The van der Waals surface area contributed by atoms with Crippen LogP contribution in [-0.2, 0) is 9.59 Å². The molecular formula is C24H32N3O2+. The first-order valence-corrected chi connectivity index (χ1v) is 9.87. The number of anilines is 2. The predicted octanol–water partition coefficient (Wildman–Crippen LogP) is 2.96. The Kier molecular flexibility index (Phi) is 7.74. The van der Waals surface area contributed by atoms with Crippen molar-refractivity contribution in [1.82, 2.24) is 0 Å². The lowest BCUT2D eigenvalue weighted by molar-refractivity contribution is -0.878. The molecule has 0 atom stereocenters. The van der Waals surface area contributed by atoms with Crippen molar-refractivity contribution in [2.75, 3.05) is 30.3 Å². The molecule has 0 unspecified atom stereocenters. The predicted molar refractivity (Wildman–Crippen MR) is 119 cm³/mol. The second-order valence-corrected chi connectivity index (χ2v) is 7.87. The molecule has 0 aromatic heterocycles. The van der Waals surface area contributed by atoms with Crippen LogP contribution in [0.2, 0.25) is 0 Å². The van der Waals surface area contributed by atoms with Gasteiger partial charge in [0.25, 0.3) is 11.8 Å². The van der Waals surface area contributed by atoms with Gasteiger partial charge in [0, 0.05) is 11.4 Å². The number of aryl methyl sites for hydroxylation is 4. The number of carbonyl (C=O) groups is 2. The Balaban J connectivity index is 2.06. The van der Waals surface area contributed by atoms with Gasteiger partial charge in [-0.2, -0.15) is 0 Å². The van der Waals surface area contributed by atoms with Crippen molar-refractivity contribution in [3.05, 3.63) is 70.8 Å². The molecule has 2 rings (SSSR count). The number of quaternary nitrogens is 1. The minimum atomic E-state index is -0.112. The molecule has 0 saturated carbocycles. The van der Waals surface area contributed by atoms with Crippen molar-refractivity contribution >= 4 is 23.2 Å². The van der Waals surface area contributed by atoms with Crippen LogP contribution in [0.15, 0.2) is 48.6 Å². The van der Waals surface area contributed by atoms with Crippen molar-refractivity contribution in [2.45, 2.75) is 34.6 Å². The lowest BCUT2D eigenvalue weighted by Crippen LogP contribution is -3.14. The molecule has 0 spiro atoms. The first kappa shape index (κ1) is 22.4. The largest absolute Gasteiger partial charge is 0.321 e. The molecule has 5 heteroatoms. The molecule has 0 aliphatic carbocycles. The lowest BCUT2D eigenvalue weighted by atomic mass is 10.1. The molecule has 2 aromatic rings. The van der Waals surface area contributed by atoms with Crippen LogP contribution in [0.5, 0.6) is 0 Å². The van der Waals surface area contributed by atoms with E-state index in [1.165, 1.54) is 0 Å². The number of para-hydroxylation sites is 2. The summed E-state index contributed by atoms with van der Waals surface area (Å²) in [4.78, 5) is 26.2. The van der Waals surface area contributed by atoms with E-state index in [1.54, 1.807) is 0 Å². The fourth-order valence-electron chi connectivity index (χ4n) is 3.46. The second-order valence-electron chi connectivity index (χ2n) is 7.87. The fourth-order valence-corrected chi connectivity index (χ4v) is 3.46. The molecular weight excluding hydrogens is 362 g/mol. The van der Waals surface area contributed by atoms with Gasteiger partial charge in [0.15, 0.2) is 13.1 Å². The Morgan fingerprint density at radius 3 is 1.41 bits per heavy atom. The third-order valence-electron chi connectivity index (χ3n) is 4.86. The molecule has 0 heterocycles. The van der Waals surface area contributed by atoms with Gasteiger partial charge in [-0.3, -0.25) is 9.59 Å².